The van der Waals surface area contributed by atoms with Crippen LogP contribution in [0.2, 0.25) is 0 Å². The first-order chi connectivity index (χ1) is 13.2. The summed E-state index contributed by atoms with van der Waals surface area (Å²) in [6, 6.07) is 27.5. The molecular formula is C23H19BrN2S. The molecule has 0 radical (unpaired) electrons. The maximum absolute atomic E-state index is 4.74. The highest BCUT2D eigenvalue weighted by atomic mass is 79.9. The van der Waals surface area contributed by atoms with Crippen molar-refractivity contribution in [1.29, 1.82) is 0 Å². The second-order valence-electron chi connectivity index (χ2n) is 6.38. The van der Waals surface area contributed by atoms with Crippen LogP contribution in [0.4, 0.5) is 0 Å². The Kier molecular flexibility index (Phi) is 5.46. The molecule has 0 unspecified atom stereocenters. The highest BCUT2D eigenvalue weighted by molar-refractivity contribution is 9.10. The van der Waals surface area contributed by atoms with Crippen molar-refractivity contribution in [3.8, 4) is 16.9 Å². The second-order valence-corrected chi connectivity index (χ2v) is 8.24. The number of hydrogen-bond donors (Lipinski definition) is 0. The van der Waals surface area contributed by atoms with Gasteiger partial charge in [-0.1, -0.05) is 87.9 Å². The maximum atomic E-state index is 4.74. The first-order valence-electron chi connectivity index (χ1n) is 8.78. The molecule has 0 aliphatic rings. The van der Waals surface area contributed by atoms with E-state index in [4.69, 9.17) is 4.98 Å². The fraction of sp³-hybridized carbons (Fsp3) is 0.0870. The maximum Gasteiger partial charge on any atom is 0.173 e. The zero-order valence-corrected chi connectivity index (χ0v) is 17.4. The third kappa shape index (κ3) is 4.18. The molecule has 3 aromatic carbocycles. The van der Waals surface area contributed by atoms with Gasteiger partial charge in [0.15, 0.2) is 5.16 Å². The van der Waals surface area contributed by atoms with Gasteiger partial charge in [-0.3, -0.25) is 4.57 Å². The van der Waals surface area contributed by atoms with Crippen LogP contribution >= 0.6 is 27.7 Å². The standard InChI is InChI=1S/C23H19BrN2S/c1-17-7-9-18(10-8-17)16-27-23-25-15-22(19-11-13-20(24)14-12-19)26(23)21-5-3-2-4-6-21/h2-15H,16H2,1H3. The second kappa shape index (κ2) is 8.15. The lowest BCUT2D eigenvalue weighted by molar-refractivity contribution is 0.900. The third-order valence-electron chi connectivity index (χ3n) is 4.37. The van der Waals surface area contributed by atoms with Crippen LogP contribution < -0.4 is 0 Å². The molecule has 0 atom stereocenters. The van der Waals surface area contributed by atoms with Gasteiger partial charge in [0.25, 0.3) is 0 Å². The van der Waals surface area contributed by atoms with Gasteiger partial charge in [-0.15, -0.1) is 0 Å². The molecule has 0 amide bonds. The van der Waals surface area contributed by atoms with Crippen molar-refractivity contribution in [3.05, 3.63) is 101 Å². The molecule has 0 fully saturated rings. The molecule has 27 heavy (non-hydrogen) atoms. The molecule has 0 aliphatic heterocycles. The molecule has 4 aromatic rings. The average molecular weight is 435 g/mol. The number of rotatable bonds is 5. The van der Waals surface area contributed by atoms with E-state index >= 15 is 0 Å². The Labute approximate surface area is 172 Å². The third-order valence-corrected chi connectivity index (χ3v) is 5.92. The molecule has 0 N–H and O–H groups in total. The smallest absolute Gasteiger partial charge is 0.173 e. The lowest BCUT2D eigenvalue weighted by atomic mass is 10.1. The zero-order valence-electron chi connectivity index (χ0n) is 15.0. The highest BCUT2D eigenvalue weighted by Gasteiger charge is 2.14. The molecule has 0 saturated carbocycles. The van der Waals surface area contributed by atoms with Crippen LogP contribution in [0.3, 0.4) is 0 Å². The first-order valence-corrected chi connectivity index (χ1v) is 10.6. The van der Waals surface area contributed by atoms with Crippen LogP contribution in [-0.2, 0) is 5.75 Å². The minimum Gasteiger partial charge on any atom is -0.287 e. The lowest BCUT2D eigenvalue weighted by Crippen LogP contribution is -1.99. The van der Waals surface area contributed by atoms with E-state index in [0.29, 0.717) is 0 Å². The van der Waals surface area contributed by atoms with E-state index in [2.05, 4.69) is 100 Å². The van der Waals surface area contributed by atoms with Crippen LogP contribution in [-0.4, -0.2) is 9.55 Å². The average Bonchev–Trinajstić information content (AvgIpc) is 3.13. The minimum atomic E-state index is 0.893. The Morgan fingerprint density at radius 3 is 2.30 bits per heavy atom. The Hall–Kier alpha value is -2.30. The van der Waals surface area contributed by atoms with E-state index in [1.54, 1.807) is 11.8 Å². The van der Waals surface area contributed by atoms with Crippen LogP contribution in [0.1, 0.15) is 11.1 Å². The minimum absolute atomic E-state index is 0.893. The lowest BCUT2D eigenvalue weighted by Gasteiger charge is -2.12. The van der Waals surface area contributed by atoms with Gasteiger partial charge < -0.3 is 0 Å². The van der Waals surface area contributed by atoms with Gasteiger partial charge in [-0.2, -0.15) is 0 Å². The van der Waals surface area contributed by atoms with Crippen LogP contribution in [0.15, 0.2) is 94.7 Å². The van der Waals surface area contributed by atoms with Gasteiger partial charge in [0.2, 0.25) is 0 Å². The van der Waals surface area contributed by atoms with Crippen LogP contribution in [0.25, 0.3) is 16.9 Å². The van der Waals surface area contributed by atoms with Gasteiger partial charge in [-0.05, 0) is 36.8 Å². The van der Waals surface area contributed by atoms with Crippen LogP contribution in [0, 0.1) is 6.92 Å². The number of halogens is 1. The van der Waals surface area contributed by atoms with E-state index in [1.807, 2.05) is 12.3 Å². The summed E-state index contributed by atoms with van der Waals surface area (Å²) < 4.78 is 3.31. The summed E-state index contributed by atoms with van der Waals surface area (Å²) in [5.41, 5.74) is 5.96. The molecule has 0 saturated heterocycles. The van der Waals surface area contributed by atoms with Gasteiger partial charge in [-0.25, -0.2) is 4.98 Å². The van der Waals surface area contributed by atoms with Crippen molar-refractivity contribution in [2.45, 2.75) is 17.8 Å². The summed E-state index contributed by atoms with van der Waals surface area (Å²) in [5.74, 6) is 0.893. The Morgan fingerprint density at radius 1 is 0.889 bits per heavy atom. The van der Waals surface area contributed by atoms with Gasteiger partial charge in [0.1, 0.15) is 0 Å². The van der Waals surface area contributed by atoms with Crippen molar-refractivity contribution in [2.24, 2.45) is 0 Å². The van der Waals surface area contributed by atoms with E-state index in [1.165, 1.54) is 11.1 Å². The van der Waals surface area contributed by atoms with Gasteiger partial charge >= 0.3 is 0 Å². The summed E-state index contributed by atoms with van der Waals surface area (Å²) >= 11 is 5.28. The molecule has 134 valence electrons. The van der Waals surface area contributed by atoms with E-state index in [-0.39, 0.29) is 0 Å². The van der Waals surface area contributed by atoms with Crippen LogP contribution in [0.5, 0.6) is 0 Å². The summed E-state index contributed by atoms with van der Waals surface area (Å²) in [4.78, 5) is 4.74. The van der Waals surface area contributed by atoms with E-state index in [9.17, 15) is 0 Å². The number of nitrogens with zero attached hydrogens (tertiary/aromatic N) is 2. The SMILES string of the molecule is Cc1ccc(CSc2ncc(-c3ccc(Br)cc3)n2-c2ccccc2)cc1. The molecule has 1 heterocycles. The van der Waals surface area contributed by atoms with Crippen molar-refractivity contribution in [1.82, 2.24) is 9.55 Å². The fourth-order valence-electron chi connectivity index (χ4n) is 2.92. The molecule has 4 heteroatoms. The number of aryl methyl sites for hydroxylation is 1. The molecule has 4 rings (SSSR count). The number of aromatic nitrogens is 2. The number of hydrogen-bond acceptors (Lipinski definition) is 2. The number of imidazole rings is 1. The van der Waals surface area contributed by atoms with E-state index < -0.39 is 0 Å². The van der Waals surface area contributed by atoms with Gasteiger partial charge in [0.05, 0.1) is 11.9 Å². The Balaban J connectivity index is 1.71. The molecule has 0 spiro atoms. The topological polar surface area (TPSA) is 17.8 Å². The summed E-state index contributed by atoms with van der Waals surface area (Å²) in [6.07, 6.45) is 1.97. The monoisotopic (exact) mass is 434 g/mol. The quantitative estimate of drug-likeness (QED) is 0.317. The zero-order chi connectivity index (χ0) is 18.6. The normalized spacial score (nSPS) is 10.9. The number of thioether (sulfide) groups is 1. The largest absolute Gasteiger partial charge is 0.287 e. The molecule has 1 aromatic heterocycles. The van der Waals surface area contributed by atoms with Gasteiger partial charge in [0, 0.05) is 21.5 Å². The van der Waals surface area contributed by atoms with Crippen molar-refractivity contribution in [3.63, 3.8) is 0 Å². The summed E-state index contributed by atoms with van der Waals surface area (Å²) in [7, 11) is 0. The Bertz CT molecular complexity index is 1020. The van der Waals surface area contributed by atoms with Crippen molar-refractivity contribution >= 4 is 27.7 Å². The van der Waals surface area contributed by atoms with E-state index in [0.717, 1.165) is 32.3 Å². The highest BCUT2D eigenvalue weighted by Crippen LogP contribution is 2.32. The van der Waals surface area contributed by atoms with Crippen molar-refractivity contribution < 1.29 is 0 Å². The molecular weight excluding hydrogens is 416 g/mol. The molecule has 2 nitrogen and oxygen atoms in total. The fourth-order valence-corrected chi connectivity index (χ4v) is 4.13. The molecule has 0 bridgehead atoms. The number of para-hydroxylation sites is 1. The predicted molar refractivity (Wildman–Crippen MR) is 117 cm³/mol. The Morgan fingerprint density at radius 2 is 1.59 bits per heavy atom. The summed E-state index contributed by atoms with van der Waals surface area (Å²) in [5, 5.41) is 1.000. The molecule has 0 aliphatic carbocycles. The predicted octanol–water partition coefficient (Wildman–Crippen LogP) is 6.90. The summed E-state index contributed by atoms with van der Waals surface area (Å²) in [6.45, 7) is 2.11. The van der Waals surface area contributed by atoms with Crippen molar-refractivity contribution in [2.75, 3.05) is 0 Å². The number of benzene rings is 3. The first kappa shape index (κ1) is 18.1.